The minimum Gasteiger partial charge on any atom is -0.462 e. The molecule has 1 amide bonds. The normalized spacial score (nSPS) is 11.5. The van der Waals surface area contributed by atoms with Crippen molar-refractivity contribution in [3.63, 3.8) is 0 Å². The largest absolute Gasteiger partial charge is 0.462 e. The van der Waals surface area contributed by atoms with Crippen molar-refractivity contribution in [1.82, 2.24) is 4.90 Å². The minimum atomic E-state index is -0.297. The molecule has 0 aliphatic rings. The van der Waals surface area contributed by atoms with E-state index >= 15 is 0 Å². The van der Waals surface area contributed by atoms with E-state index in [-0.39, 0.29) is 12.0 Å². The fourth-order valence-corrected chi connectivity index (χ4v) is 2.27. The molecule has 0 bridgehead atoms. The number of amidine groups is 1. The Bertz CT molecular complexity index is 709. The van der Waals surface area contributed by atoms with Crippen LogP contribution in [0.3, 0.4) is 0 Å². The quantitative estimate of drug-likeness (QED) is 0.629. The lowest BCUT2D eigenvalue weighted by molar-refractivity contribution is 0.0989. The molecule has 2 rings (SSSR count). The van der Waals surface area contributed by atoms with E-state index in [1.165, 1.54) is 0 Å². The molecule has 0 aliphatic carbocycles. The summed E-state index contributed by atoms with van der Waals surface area (Å²) in [6.07, 6.45) is -0.0627. The van der Waals surface area contributed by atoms with Gasteiger partial charge in [-0.25, -0.2) is 0 Å². The highest BCUT2D eigenvalue weighted by atomic mass is 16.5. The van der Waals surface area contributed by atoms with Gasteiger partial charge in [-0.05, 0) is 38.5 Å². The van der Waals surface area contributed by atoms with Crippen molar-refractivity contribution in [2.24, 2.45) is 4.99 Å². The second-order valence-electron chi connectivity index (χ2n) is 6.08. The third kappa shape index (κ3) is 5.23. The molecular formula is C20H24N2O2. The Morgan fingerprint density at radius 1 is 1.12 bits per heavy atom. The van der Waals surface area contributed by atoms with E-state index in [4.69, 9.17) is 4.74 Å². The van der Waals surface area contributed by atoms with Gasteiger partial charge in [-0.15, -0.1) is 0 Å². The maximum atomic E-state index is 12.5. The zero-order valence-electron chi connectivity index (χ0n) is 14.7. The summed E-state index contributed by atoms with van der Waals surface area (Å²) in [5.41, 5.74) is 2.72. The fourth-order valence-electron chi connectivity index (χ4n) is 2.27. The Kier molecular flexibility index (Phi) is 6.13. The summed E-state index contributed by atoms with van der Waals surface area (Å²) in [6.45, 7) is 6.41. The van der Waals surface area contributed by atoms with E-state index in [0.29, 0.717) is 18.1 Å². The topological polar surface area (TPSA) is 41.9 Å². The van der Waals surface area contributed by atoms with Gasteiger partial charge in [0.25, 0.3) is 11.9 Å². The minimum absolute atomic E-state index is 0.0627. The van der Waals surface area contributed by atoms with Crippen LogP contribution < -0.4 is 0 Å². The van der Waals surface area contributed by atoms with Crippen LogP contribution in [-0.2, 0) is 11.3 Å². The zero-order valence-corrected chi connectivity index (χ0v) is 14.7. The summed E-state index contributed by atoms with van der Waals surface area (Å²) in [6, 6.07) is 17.8. The van der Waals surface area contributed by atoms with Crippen molar-refractivity contribution in [1.29, 1.82) is 0 Å². The first-order valence-corrected chi connectivity index (χ1v) is 8.07. The maximum Gasteiger partial charge on any atom is 0.295 e. The third-order valence-corrected chi connectivity index (χ3v) is 3.39. The molecule has 126 valence electrons. The molecule has 0 atom stereocenters. The number of amides is 1. The fraction of sp³-hybridized carbons (Fsp3) is 0.300. The predicted octanol–water partition coefficient (Wildman–Crippen LogP) is 4.05. The van der Waals surface area contributed by atoms with Crippen molar-refractivity contribution in [2.45, 2.75) is 33.4 Å². The first-order valence-electron chi connectivity index (χ1n) is 8.07. The lowest BCUT2D eigenvalue weighted by atomic mass is 10.1. The Labute approximate surface area is 143 Å². The standard InChI is InChI=1S/C20H24N2O2/c1-15(2)24-20(22(4)14-17-10-6-5-7-11-17)21-19(23)18-12-8-9-16(3)13-18/h5-13,15H,14H2,1-4H3. The van der Waals surface area contributed by atoms with Crippen LogP contribution in [0.15, 0.2) is 59.6 Å². The van der Waals surface area contributed by atoms with Gasteiger partial charge < -0.3 is 9.64 Å². The number of rotatable bonds is 4. The summed E-state index contributed by atoms with van der Waals surface area (Å²) in [7, 11) is 1.87. The summed E-state index contributed by atoms with van der Waals surface area (Å²) >= 11 is 0. The molecule has 0 saturated carbocycles. The molecule has 0 heterocycles. The molecule has 4 heteroatoms. The number of aryl methyl sites for hydroxylation is 1. The molecule has 4 nitrogen and oxygen atoms in total. The zero-order chi connectivity index (χ0) is 17.5. The summed E-state index contributed by atoms with van der Waals surface area (Å²) in [4.78, 5) is 18.5. The molecule has 24 heavy (non-hydrogen) atoms. The van der Waals surface area contributed by atoms with Crippen LogP contribution in [0.2, 0.25) is 0 Å². The molecule has 0 spiro atoms. The molecule has 2 aromatic rings. The SMILES string of the molecule is Cc1cccc(C(=O)N=C(OC(C)C)N(C)Cc2ccccc2)c1. The highest BCUT2D eigenvalue weighted by Gasteiger charge is 2.14. The number of carbonyl (C=O) groups is 1. The van der Waals surface area contributed by atoms with Crippen molar-refractivity contribution in [2.75, 3.05) is 7.05 Å². The summed E-state index contributed by atoms with van der Waals surface area (Å²) < 4.78 is 5.76. The van der Waals surface area contributed by atoms with Gasteiger partial charge in [-0.2, -0.15) is 4.99 Å². The van der Waals surface area contributed by atoms with Crippen LogP contribution >= 0.6 is 0 Å². The van der Waals surface area contributed by atoms with Crippen LogP contribution in [0.4, 0.5) is 0 Å². The first kappa shape index (κ1) is 17.7. The van der Waals surface area contributed by atoms with E-state index in [1.807, 2.05) is 81.2 Å². The average Bonchev–Trinajstić information content (AvgIpc) is 2.54. The van der Waals surface area contributed by atoms with Crippen LogP contribution in [0, 0.1) is 6.92 Å². The number of carbonyl (C=O) groups excluding carboxylic acids is 1. The van der Waals surface area contributed by atoms with E-state index in [2.05, 4.69) is 4.99 Å². The Morgan fingerprint density at radius 3 is 2.46 bits per heavy atom. The number of ether oxygens (including phenoxy) is 1. The summed E-state index contributed by atoms with van der Waals surface area (Å²) in [5, 5.41) is 0. The number of aliphatic imine (C=N–C) groups is 1. The van der Waals surface area contributed by atoms with Gasteiger partial charge in [0.1, 0.15) is 0 Å². The van der Waals surface area contributed by atoms with Crippen molar-refractivity contribution in [3.05, 3.63) is 71.3 Å². The number of benzene rings is 2. The van der Waals surface area contributed by atoms with E-state index in [0.717, 1.165) is 11.1 Å². The smallest absolute Gasteiger partial charge is 0.295 e. The molecule has 0 radical (unpaired) electrons. The third-order valence-electron chi connectivity index (χ3n) is 3.39. The van der Waals surface area contributed by atoms with Crippen LogP contribution in [0.5, 0.6) is 0 Å². The van der Waals surface area contributed by atoms with E-state index in [9.17, 15) is 4.79 Å². The van der Waals surface area contributed by atoms with Crippen molar-refractivity contribution < 1.29 is 9.53 Å². The van der Waals surface area contributed by atoms with Crippen LogP contribution in [0.1, 0.15) is 35.3 Å². The molecule has 0 saturated heterocycles. The molecule has 0 aliphatic heterocycles. The van der Waals surface area contributed by atoms with Gasteiger partial charge in [-0.1, -0.05) is 48.0 Å². The van der Waals surface area contributed by atoms with Crippen molar-refractivity contribution in [3.8, 4) is 0 Å². The predicted molar refractivity (Wildman–Crippen MR) is 97.1 cm³/mol. The summed E-state index contributed by atoms with van der Waals surface area (Å²) in [5.74, 6) is -0.297. The number of nitrogens with zero attached hydrogens (tertiary/aromatic N) is 2. The lowest BCUT2D eigenvalue weighted by Crippen LogP contribution is -2.31. The molecular weight excluding hydrogens is 300 g/mol. The number of hydrogen-bond donors (Lipinski definition) is 0. The van der Waals surface area contributed by atoms with E-state index < -0.39 is 0 Å². The number of hydrogen-bond acceptors (Lipinski definition) is 2. The molecule has 2 aromatic carbocycles. The molecule has 0 fully saturated rings. The second kappa shape index (κ2) is 8.29. The highest BCUT2D eigenvalue weighted by molar-refractivity contribution is 6.01. The van der Waals surface area contributed by atoms with Crippen molar-refractivity contribution >= 4 is 11.9 Å². The van der Waals surface area contributed by atoms with Crippen LogP contribution in [0.25, 0.3) is 0 Å². The molecule has 0 N–H and O–H groups in total. The second-order valence-corrected chi connectivity index (χ2v) is 6.08. The molecule has 0 unspecified atom stereocenters. The van der Waals surface area contributed by atoms with Gasteiger partial charge in [0.2, 0.25) is 0 Å². The van der Waals surface area contributed by atoms with Gasteiger partial charge in [0.15, 0.2) is 0 Å². The van der Waals surface area contributed by atoms with Crippen LogP contribution in [-0.4, -0.2) is 30.0 Å². The Balaban J connectivity index is 2.21. The van der Waals surface area contributed by atoms with E-state index in [1.54, 1.807) is 6.07 Å². The highest BCUT2D eigenvalue weighted by Crippen LogP contribution is 2.09. The van der Waals surface area contributed by atoms with Gasteiger partial charge in [0.05, 0.1) is 6.10 Å². The molecule has 0 aromatic heterocycles. The lowest BCUT2D eigenvalue weighted by Gasteiger charge is -2.22. The first-order chi connectivity index (χ1) is 11.5. The maximum absolute atomic E-state index is 12.5. The van der Waals surface area contributed by atoms with Gasteiger partial charge in [-0.3, -0.25) is 4.79 Å². The monoisotopic (exact) mass is 324 g/mol. The Morgan fingerprint density at radius 2 is 1.83 bits per heavy atom. The average molecular weight is 324 g/mol. The van der Waals surface area contributed by atoms with Gasteiger partial charge >= 0.3 is 0 Å². The van der Waals surface area contributed by atoms with Gasteiger partial charge in [0, 0.05) is 19.2 Å². The Hall–Kier alpha value is -2.62.